The molecule has 0 spiro atoms. The van der Waals surface area contributed by atoms with Crippen LogP contribution in [0.1, 0.15) is 39.2 Å². The number of methoxy groups -OCH3 is 1. The van der Waals surface area contributed by atoms with E-state index in [1.54, 1.807) is 0 Å². The van der Waals surface area contributed by atoms with Crippen molar-refractivity contribution in [3.05, 3.63) is 41.8 Å². The number of carbonyl (C=O) groups excluding carboxylic acids is 2. The van der Waals surface area contributed by atoms with E-state index in [9.17, 15) is 14.0 Å². The van der Waals surface area contributed by atoms with Gasteiger partial charge < -0.3 is 20.1 Å². The number of nitrogens with zero attached hydrogens (tertiary/aromatic N) is 1. The highest BCUT2D eigenvalue weighted by atomic mass is 19.1. The van der Waals surface area contributed by atoms with Crippen molar-refractivity contribution in [1.82, 2.24) is 10.3 Å². The van der Waals surface area contributed by atoms with Gasteiger partial charge in [-0.05, 0) is 43.9 Å². The van der Waals surface area contributed by atoms with Gasteiger partial charge in [0, 0.05) is 12.1 Å². The first-order chi connectivity index (χ1) is 13.6. The van der Waals surface area contributed by atoms with E-state index in [1.165, 1.54) is 13.2 Å². The number of amides is 2. The van der Waals surface area contributed by atoms with E-state index in [4.69, 9.17) is 9.47 Å². The van der Waals surface area contributed by atoms with Crippen molar-refractivity contribution in [2.24, 2.45) is 0 Å². The monoisotopic (exact) mass is 403 g/mol. The summed E-state index contributed by atoms with van der Waals surface area (Å²) >= 11 is 0. The number of carbonyl (C=O) groups is 2. The number of alkyl carbamates (subject to hydrolysis) is 1. The van der Waals surface area contributed by atoms with E-state index in [-0.39, 0.29) is 17.5 Å². The van der Waals surface area contributed by atoms with Crippen LogP contribution < -0.4 is 15.4 Å². The van der Waals surface area contributed by atoms with E-state index in [2.05, 4.69) is 15.6 Å². The second-order valence-electron chi connectivity index (χ2n) is 7.55. The molecular weight excluding hydrogens is 377 g/mol. The molecule has 0 bridgehead atoms. The van der Waals surface area contributed by atoms with Crippen LogP contribution in [0.2, 0.25) is 0 Å². The number of benzene rings is 1. The lowest BCUT2D eigenvalue weighted by molar-refractivity contribution is -0.105. The molecule has 0 radical (unpaired) electrons. The molecule has 0 fully saturated rings. The zero-order valence-corrected chi connectivity index (χ0v) is 17.2. The van der Waals surface area contributed by atoms with Crippen LogP contribution in [-0.2, 0) is 9.53 Å². The summed E-state index contributed by atoms with van der Waals surface area (Å²) in [7, 11) is 1.40. The third kappa shape index (κ3) is 6.17. The van der Waals surface area contributed by atoms with Crippen LogP contribution in [0.3, 0.4) is 0 Å². The average Bonchev–Trinajstić information content (AvgIpc) is 2.66. The molecule has 29 heavy (non-hydrogen) atoms. The lowest BCUT2D eigenvalue weighted by atomic mass is 9.97. The Morgan fingerprint density at radius 1 is 1.28 bits per heavy atom. The second kappa shape index (κ2) is 9.36. The minimum Gasteiger partial charge on any atom is -0.480 e. The number of aromatic nitrogens is 1. The van der Waals surface area contributed by atoms with Crippen molar-refractivity contribution in [3.63, 3.8) is 0 Å². The zero-order chi connectivity index (χ0) is 21.6. The zero-order valence-electron chi connectivity index (χ0n) is 17.2. The molecule has 1 heterocycles. The van der Waals surface area contributed by atoms with Gasteiger partial charge in [0.15, 0.2) is 0 Å². The number of hydrogen-bond donors (Lipinski definition) is 2. The van der Waals surface area contributed by atoms with Crippen LogP contribution in [-0.4, -0.2) is 36.7 Å². The van der Waals surface area contributed by atoms with Gasteiger partial charge in [0.05, 0.1) is 12.8 Å². The maximum atomic E-state index is 13.9. The summed E-state index contributed by atoms with van der Waals surface area (Å²) in [5.74, 6) is -0.653. The molecule has 2 rings (SSSR count). The van der Waals surface area contributed by atoms with Crippen molar-refractivity contribution in [2.75, 3.05) is 19.0 Å². The first-order valence-corrected chi connectivity index (χ1v) is 9.16. The van der Waals surface area contributed by atoms with Crippen LogP contribution >= 0.6 is 0 Å². The Kier molecular flexibility index (Phi) is 7.14. The topological polar surface area (TPSA) is 89.5 Å². The summed E-state index contributed by atoms with van der Waals surface area (Å²) < 4.78 is 24.3. The molecule has 8 heteroatoms. The van der Waals surface area contributed by atoms with Crippen LogP contribution in [0, 0.1) is 5.95 Å². The molecule has 2 aromatic rings. The average molecular weight is 403 g/mol. The van der Waals surface area contributed by atoms with Crippen LogP contribution in [0.5, 0.6) is 5.88 Å². The van der Waals surface area contributed by atoms with Gasteiger partial charge in [0.25, 0.3) is 0 Å². The Morgan fingerprint density at radius 3 is 2.48 bits per heavy atom. The molecule has 156 valence electrons. The van der Waals surface area contributed by atoms with E-state index in [0.29, 0.717) is 18.5 Å². The number of hydrogen-bond acceptors (Lipinski definition) is 5. The summed E-state index contributed by atoms with van der Waals surface area (Å²) in [5.41, 5.74) is 1.72. The Hall–Kier alpha value is -3.16. The molecule has 0 saturated heterocycles. The van der Waals surface area contributed by atoms with Crippen molar-refractivity contribution in [3.8, 4) is 17.0 Å². The summed E-state index contributed by atoms with van der Waals surface area (Å²) in [6, 6.07) is 8.99. The Bertz CT molecular complexity index is 863. The Labute approximate surface area is 169 Å². The fourth-order valence-electron chi connectivity index (χ4n) is 2.66. The predicted molar refractivity (Wildman–Crippen MR) is 109 cm³/mol. The van der Waals surface area contributed by atoms with E-state index >= 15 is 0 Å². The smallest absolute Gasteiger partial charge is 0.407 e. The summed E-state index contributed by atoms with van der Waals surface area (Å²) in [6.45, 7) is 7.83. The first-order valence-electron chi connectivity index (χ1n) is 9.16. The third-order valence-electron chi connectivity index (χ3n) is 4.09. The van der Waals surface area contributed by atoms with E-state index in [1.807, 2.05) is 52.0 Å². The maximum absolute atomic E-state index is 13.9. The highest BCUT2D eigenvalue weighted by Gasteiger charge is 2.17. The van der Waals surface area contributed by atoms with Crippen molar-refractivity contribution in [2.45, 2.75) is 39.2 Å². The Balaban J connectivity index is 2.14. The summed E-state index contributed by atoms with van der Waals surface area (Å²) in [4.78, 5) is 26.2. The summed E-state index contributed by atoms with van der Waals surface area (Å²) in [5, 5.41) is 5.04. The first kappa shape index (κ1) is 22.1. The number of anilines is 1. The molecule has 1 aromatic heterocycles. The van der Waals surface area contributed by atoms with E-state index in [0.717, 1.165) is 11.1 Å². The summed E-state index contributed by atoms with van der Waals surface area (Å²) in [6.07, 6.45) is -0.0722. The molecular formula is C21H26FN3O4. The molecule has 0 aliphatic rings. The van der Waals surface area contributed by atoms with Gasteiger partial charge in [0.1, 0.15) is 5.60 Å². The molecule has 0 aliphatic carbocycles. The highest BCUT2D eigenvalue weighted by Crippen LogP contribution is 2.32. The van der Waals surface area contributed by atoms with Crippen LogP contribution in [0.4, 0.5) is 14.9 Å². The third-order valence-corrected chi connectivity index (χ3v) is 4.09. The number of halogens is 1. The fourth-order valence-corrected chi connectivity index (χ4v) is 2.66. The minimum absolute atomic E-state index is 0.0326. The van der Waals surface area contributed by atoms with Gasteiger partial charge >= 0.3 is 6.09 Å². The standard InChI is InChI=1S/C21H26FN3O4/c1-13(11-23-20(27)29-21(2,3)4)14-6-8-15(9-7-14)16-10-17(24-12-26)18(22)25-19(16)28-5/h6-10,12-13H,11H2,1-5H3,(H,23,27)(H,24,26). The van der Waals surface area contributed by atoms with Crippen LogP contribution in [0.15, 0.2) is 30.3 Å². The number of pyridine rings is 1. The van der Waals surface area contributed by atoms with Gasteiger partial charge in [-0.2, -0.15) is 9.37 Å². The molecule has 0 saturated carbocycles. The van der Waals surface area contributed by atoms with Gasteiger partial charge in [-0.15, -0.1) is 0 Å². The highest BCUT2D eigenvalue weighted by molar-refractivity contribution is 5.78. The molecule has 1 aromatic carbocycles. The second-order valence-corrected chi connectivity index (χ2v) is 7.55. The van der Waals surface area contributed by atoms with Crippen molar-refractivity contribution in [1.29, 1.82) is 0 Å². The Morgan fingerprint density at radius 2 is 1.93 bits per heavy atom. The normalized spacial score (nSPS) is 12.1. The van der Waals surface area contributed by atoms with Crippen molar-refractivity contribution < 1.29 is 23.5 Å². The van der Waals surface area contributed by atoms with Gasteiger partial charge in [-0.1, -0.05) is 31.2 Å². The van der Waals surface area contributed by atoms with Crippen LogP contribution in [0.25, 0.3) is 11.1 Å². The molecule has 7 nitrogen and oxygen atoms in total. The fraction of sp³-hybridized carbons (Fsp3) is 0.381. The van der Waals surface area contributed by atoms with E-state index < -0.39 is 17.6 Å². The molecule has 2 N–H and O–H groups in total. The predicted octanol–water partition coefficient (Wildman–Crippen LogP) is 4.09. The van der Waals surface area contributed by atoms with Gasteiger partial charge in [-0.25, -0.2) is 4.79 Å². The maximum Gasteiger partial charge on any atom is 0.407 e. The number of nitrogens with one attached hydrogen (secondary N) is 2. The quantitative estimate of drug-likeness (QED) is 0.537. The molecule has 1 atom stereocenters. The van der Waals surface area contributed by atoms with Crippen molar-refractivity contribution >= 4 is 18.2 Å². The molecule has 1 unspecified atom stereocenters. The SMILES string of the molecule is COc1nc(F)c(NC=O)cc1-c1ccc(C(C)CNC(=O)OC(C)(C)C)cc1. The van der Waals surface area contributed by atoms with Gasteiger partial charge in [0.2, 0.25) is 18.2 Å². The molecule has 2 amide bonds. The number of ether oxygens (including phenoxy) is 2. The van der Waals surface area contributed by atoms with Gasteiger partial charge in [-0.3, -0.25) is 4.79 Å². The minimum atomic E-state index is -0.823. The lowest BCUT2D eigenvalue weighted by Gasteiger charge is -2.21. The number of rotatable bonds is 7. The lowest BCUT2D eigenvalue weighted by Crippen LogP contribution is -2.34. The largest absolute Gasteiger partial charge is 0.480 e. The molecule has 0 aliphatic heterocycles.